The van der Waals surface area contributed by atoms with Crippen LogP contribution in [0.5, 0.6) is 0 Å². The monoisotopic (exact) mass is 366 g/mol. The first-order valence-corrected chi connectivity index (χ1v) is 7.54. The van der Waals surface area contributed by atoms with Crippen molar-refractivity contribution in [1.29, 1.82) is 0 Å². The first-order chi connectivity index (χ1) is 11.2. The second kappa shape index (κ2) is 6.98. The summed E-state index contributed by atoms with van der Waals surface area (Å²) < 4.78 is -0.133. The predicted molar refractivity (Wildman–Crippen MR) is 93.4 cm³/mol. The van der Waals surface area contributed by atoms with E-state index in [9.17, 15) is 20.2 Å². The number of nitro benzene ring substituents is 2. The van der Waals surface area contributed by atoms with Crippen LogP contribution in [-0.2, 0) is 0 Å². The Kier molecular flexibility index (Phi) is 5.21. The molecule has 0 spiro atoms. The van der Waals surface area contributed by atoms with E-state index in [2.05, 4.69) is 0 Å². The van der Waals surface area contributed by atoms with Gasteiger partial charge < -0.3 is 0 Å². The molecule has 0 aliphatic heterocycles. The van der Waals surface area contributed by atoms with Crippen LogP contribution in [0.3, 0.4) is 0 Å². The zero-order valence-corrected chi connectivity index (χ0v) is 14.3. The Morgan fingerprint density at radius 1 is 0.833 bits per heavy atom. The van der Waals surface area contributed by atoms with Crippen molar-refractivity contribution in [3.8, 4) is 0 Å². The lowest BCUT2D eigenvalue weighted by molar-refractivity contribution is -0.385. The van der Waals surface area contributed by atoms with Crippen LogP contribution in [0.2, 0.25) is 0 Å². The molecule has 0 aliphatic rings. The molecule has 0 amide bonds. The molecular formula is C16H12Cl2N2O4. The number of halogens is 2. The van der Waals surface area contributed by atoms with E-state index in [4.69, 9.17) is 23.2 Å². The smallest absolute Gasteiger partial charge is 0.258 e. The fourth-order valence-electron chi connectivity index (χ4n) is 2.31. The Balaban J connectivity index is 2.67. The molecule has 0 atom stereocenters. The van der Waals surface area contributed by atoms with Crippen LogP contribution in [0.4, 0.5) is 11.4 Å². The van der Waals surface area contributed by atoms with Gasteiger partial charge in [-0.2, -0.15) is 0 Å². The highest BCUT2D eigenvalue weighted by atomic mass is 35.5. The topological polar surface area (TPSA) is 86.3 Å². The van der Waals surface area contributed by atoms with Crippen molar-refractivity contribution >= 4 is 40.1 Å². The minimum absolute atomic E-state index is 0.0822. The molecule has 2 rings (SSSR count). The summed E-state index contributed by atoms with van der Waals surface area (Å²) in [6, 6.07) is 9.12. The van der Waals surface area contributed by atoms with Gasteiger partial charge in [-0.15, -0.1) is 0 Å². The van der Waals surface area contributed by atoms with Gasteiger partial charge in [-0.25, -0.2) is 0 Å². The normalized spacial score (nSPS) is 10.3. The summed E-state index contributed by atoms with van der Waals surface area (Å²) in [5.74, 6) is 0. The third-order valence-corrected chi connectivity index (χ3v) is 3.96. The van der Waals surface area contributed by atoms with Gasteiger partial charge >= 0.3 is 0 Å². The zero-order valence-electron chi connectivity index (χ0n) is 12.7. The summed E-state index contributed by atoms with van der Waals surface area (Å²) in [7, 11) is 0. The van der Waals surface area contributed by atoms with E-state index in [0.29, 0.717) is 27.8 Å². The Morgan fingerprint density at radius 3 is 1.50 bits per heavy atom. The van der Waals surface area contributed by atoms with Gasteiger partial charge in [0.2, 0.25) is 0 Å². The number of nitrogens with zero attached hydrogens (tertiary/aromatic N) is 2. The molecule has 0 aliphatic carbocycles. The van der Waals surface area contributed by atoms with Crippen molar-refractivity contribution < 1.29 is 9.85 Å². The summed E-state index contributed by atoms with van der Waals surface area (Å²) in [5, 5.41) is 22.3. The maximum absolute atomic E-state index is 11.1. The number of hydrogen-bond donors (Lipinski definition) is 0. The minimum Gasteiger partial charge on any atom is -0.258 e. The molecule has 2 aromatic rings. The van der Waals surface area contributed by atoms with Crippen molar-refractivity contribution in [2.75, 3.05) is 0 Å². The standard InChI is InChI=1S/C16H12Cl2N2O4/c1-9-3-5-11(7-13(9)19(21)22)15(16(17)18)12-6-4-10(2)14(8-12)20(23)24/h3-8H,1-2H3. The average molecular weight is 367 g/mol. The third kappa shape index (κ3) is 3.55. The fourth-order valence-corrected chi connectivity index (χ4v) is 2.74. The molecule has 24 heavy (non-hydrogen) atoms. The van der Waals surface area contributed by atoms with Crippen LogP contribution >= 0.6 is 23.2 Å². The fraction of sp³-hybridized carbons (Fsp3) is 0.125. The highest BCUT2D eigenvalue weighted by Crippen LogP contribution is 2.35. The lowest BCUT2D eigenvalue weighted by Gasteiger charge is -2.10. The van der Waals surface area contributed by atoms with Gasteiger partial charge in [0.1, 0.15) is 4.49 Å². The van der Waals surface area contributed by atoms with Crippen LogP contribution in [0.25, 0.3) is 5.57 Å². The van der Waals surface area contributed by atoms with Crippen molar-refractivity contribution in [1.82, 2.24) is 0 Å². The van der Waals surface area contributed by atoms with Gasteiger partial charge in [0.15, 0.2) is 0 Å². The molecule has 0 unspecified atom stereocenters. The summed E-state index contributed by atoms with van der Waals surface area (Å²) in [6.07, 6.45) is 0. The van der Waals surface area contributed by atoms with E-state index >= 15 is 0 Å². The van der Waals surface area contributed by atoms with Gasteiger partial charge in [-0.3, -0.25) is 20.2 Å². The first kappa shape index (κ1) is 17.9. The molecule has 0 N–H and O–H groups in total. The van der Waals surface area contributed by atoms with Gasteiger partial charge in [-0.1, -0.05) is 47.5 Å². The highest BCUT2D eigenvalue weighted by Gasteiger charge is 2.19. The molecule has 0 heterocycles. The molecule has 0 radical (unpaired) electrons. The van der Waals surface area contributed by atoms with E-state index in [0.717, 1.165) is 0 Å². The van der Waals surface area contributed by atoms with Crippen LogP contribution in [0.1, 0.15) is 22.3 Å². The summed E-state index contributed by atoms with van der Waals surface area (Å²) in [5.41, 5.74) is 1.93. The Morgan fingerprint density at radius 2 is 1.21 bits per heavy atom. The lowest BCUT2D eigenvalue weighted by atomic mass is 9.96. The summed E-state index contributed by atoms with van der Waals surface area (Å²) in [4.78, 5) is 21.2. The molecule has 124 valence electrons. The Labute approximate surface area is 147 Å². The predicted octanol–water partition coefficient (Wildman–Crippen LogP) is 5.31. The maximum Gasteiger partial charge on any atom is 0.272 e. The van der Waals surface area contributed by atoms with Gasteiger partial charge in [0, 0.05) is 28.8 Å². The van der Waals surface area contributed by atoms with Crippen LogP contribution < -0.4 is 0 Å². The molecule has 0 saturated carbocycles. The van der Waals surface area contributed by atoms with E-state index < -0.39 is 9.85 Å². The molecule has 2 aromatic carbocycles. The molecule has 6 nitrogen and oxygen atoms in total. The number of benzene rings is 2. The molecule has 0 fully saturated rings. The SMILES string of the molecule is Cc1ccc(C(=C(Cl)Cl)c2ccc(C)c([N+](=O)[O-])c2)cc1[N+](=O)[O-]. The minimum atomic E-state index is -0.504. The second-order valence-corrected chi connectivity index (χ2v) is 6.10. The van der Waals surface area contributed by atoms with E-state index in [1.807, 2.05) is 0 Å². The zero-order chi connectivity index (χ0) is 18.0. The van der Waals surface area contributed by atoms with E-state index in [-0.39, 0.29) is 15.9 Å². The second-order valence-electron chi connectivity index (χ2n) is 5.15. The lowest BCUT2D eigenvalue weighted by Crippen LogP contribution is -1.97. The quantitative estimate of drug-likeness (QED) is 0.541. The number of aryl methyl sites for hydroxylation is 2. The van der Waals surface area contributed by atoms with Crippen molar-refractivity contribution in [2.24, 2.45) is 0 Å². The number of rotatable bonds is 4. The van der Waals surface area contributed by atoms with Crippen molar-refractivity contribution in [2.45, 2.75) is 13.8 Å². The molecule has 8 heteroatoms. The Bertz CT molecular complexity index is 809. The van der Waals surface area contributed by atoms with Gasteiger partial charge in [-0.05, 0) is 25.0 Å². The molecule has 0 aromatic heterocycles. The molecule has 0 bridgehead atoms. The largest absolute Gasteiger partial charge is 0.272 e. The van der Waals surface area contributed by atoms with E-state index in [1.54, 1.807) is 38.1 Å². The highest BCUT2D eigenvalue weighted by molar-refractivity contribution is 6.59. The van der Waals surface area contributed by atoms with Crippen LogP contribution in [0, 0.1) is 34.1 Å². The summed E-state index contributed by atoms with van der Waals surface area (Å²) >= 11 is 11.9. The molecule has 0 saturated heterocycles. The molecular weight excluding hydrogens is 355 g/mol. The van der Waals surface area contributed by atoms with Gasteiger partial charge in [0.05, 0.1) is 9.85 Å². The number of nitro groups is 2. The summed E-state index contributed by atoms with van der Waals surface area (Å²) in [6.45, 7) is 3.23. The van der Waals surface area contributed by atoms with Crippen LogP contribution in [-0.4, -0.2) is 9.85 Å². The third-order valence-electron chi connectivity index (χ3n) is 3.58. The van der Waals surface area contributed by atoms with Gasteiger partial charge in [0.25, 0.3) is 11.4 Å². The average Bonchev–Trinajstić information content (AvgIpc) is 2.49. The maximum atomic E-state index is 11.1. The van der Waals surface area contributed by atoms with Crippen molar-refractivity contribution in [3.05, 3.63) is 83.4 Å². The van der Waals surface area contributed by atoms with Crippen LogP contribution in [0.15, 0.2) is 40.9 Å². The first-order valence-electron chi connectivity index (χ1n) is 6.78. The Hall–Kier alpha value is -2.44. The number of hydrogen-bond acceptors (Lipinski definition) is 4. The van der Waals surface area contributed by atoms with Crippen molar-refractivity contribution in [3.63, 3.8) is 0 Å². The van der Waals surface area contributed by atoms with E-state index in [1.165, 1.54) is 12.1 Å².